The minimum Gasteiger partial charge on any atom is -0.494 e. The summed E-state index contributed by atoms with van der Waals surface area (Å²) in [4.78, 5) is 27.4. The van der Waals surface area contributed by atoms with Crippen molar-refractivity contribution in [3.8, 4) is 5.75 Å². The molecule has 0 heterocycles. The molecular formula is C28H32FN3O5S. The van der Waals surface area contributed by atoms with Gasteiger partial charge in [-0.25, -0.2) is 12.8 Å². The van der Waals surface area contributed by atoms with Crippen LogP contribution in [0.2, 0.25) is 0 Å². The molecule has 0 saturated carbocycles. The number of benzene rings is 3. The quantitative estimate of drug-likeness (QED) is 0.397. The van der Waals surface area contributed by atoms with Crippen molar-refractivity contribution in [3.05, 3.63) is 89.7 Å². The first-order valence-electron chi connectivity index (χ1n) is 12.1. The van der Waals surface area contributed by atoms with E-state index < -0.39 is 40.2 Å². The monoisotopic (exact) mass is 541 g/mol. The van der Waals surface area contributed by atoms with Crippen LogP contribution in [0.15, 0.2) is 77.7 Å². The minimum atomic E-state index is -4.19. The molecule has 0 unspecified atom stereocenters. The van der Waals surface area contributed by atoms with Gasteiger partial charge < -0.3 is 15.0 Å². The van der Waals surface area contributed by atoms with Gasteiger partial charge in [0.15, 0.2) is 0 Å². The average molecular weight is 542 g/mol. The first-order valence-corrected chi connectivity index (χ1v) is 13.6. The number of hydrogen-bond acceptors (Lipinski definition) is 5. The van der Waals surface area contributed by atoms with Crippen LogP contribution < -0.4 is 14.4 Å². The fourth-order valence-electron chi connectivity index (χ4n) is 3.84. The average Bonchev–Trinajstić information content (AvgIpc) is 2.91. The van der Waals surface area contributed by atoms with E-state index in [9.17, 15) is 22.4 Å². The van der Waals surface area contributed by atoms with Crippen LogP contribution in [0.25, 0.3) is 0 Å². The van der Waals surface area contributed by atoms with E-state index in [-0.39, 0.29) is 22.7 Å². The van der Waals surface area contributed by atoms with Crippen LogP contribution in [0.4, 0.5) is 10.1 Å². The van der Waals surface area contributed by atoms with Gasteiger partial charge in [0.05, 0.1) is 17.2 Å². The Hall–Kier alpha value is -3.92. The van der Waals surface area contributed by atoms with E-state index in [4.69, 9.17) is 4.74 Å². The highest BCUT2D eigenvalue weighted by Crippen LogP contribution is 2.27. The third-order valence-corrected chi connectivity index (χ3v) is 7.82. The topological polar surface area (TPSA) is 96.0 Å². The normalized spacial score (nSPS) is 11.9. The molecule has 0 fully saturated rings. The van der Waals surface area contributed by atoms with Crippen LogP contribution in [0.1, 0.15) is 25.0 Å². The van der Waals surface area contributed by atoms with Crippen molar-refractivity contribution in [1.82, 2.24) is 10.2 Å². The molecule has 0 bridgehead atoms. The van der Waals surface area contributed by atoms with Gasteiger partial charge in [-0.15, -0.1) is 0 Å². The molecule has 0 aromatic heterocycles. The second kappa shape index (κ2) is 12.6. The van der Waals surface area contributed by atoms with E-state index in [1.807, 2.05) is 13.8 Å². The zero-order valence-electron chi connectivity index (χ0n) is 21.8. The number of anilines is 1. The van der Waals surface area contributed by atoms with Gasteiger partial charge in [-0.2, -0.15) is 0 Å². The number of carbonyl (C=O) groups is 2. The lowest BCUT2D eigenvalue weighted by Gasteiger charge is -2.32. The van der Waals surface area contributed by atoms with Crippen LogP contribution in [-0.4, -0.2) is 51.4 Å². The van der Waals surface area contributed by atoms with Crippen molar-refractivity contribution in [2.24, 2.45) is 0 Å². The number of nitrogens with one attached hydrogen (secondary N) is 1. The molecule has 202 valence electrons. The summed E-state index contributed by atoms with van der Waals surface area (Å²) in [7, 11) is -2.76. The molecule has 2 amide bonds. The number of nitrogens with zero attached hydrogens (tertiary/aromatic N) is 2. The van der Waals surface area contributed by atoms with Gasteiger partial charge in [-0.1, -0.05) is 35.9 Å². The van der Waals surface area contributed by atoms with E-state index in [1.165, 1.54) is 49.2 Å². The largest absolute Gasteiger partial charge is 0.494 e. The van der Waals surface area contributed by atoms with E-state index in [0.717, 1.165) is 9.87 Å². The Morgan fingerprint density at radius 1 is 1.00 bits per heavy atom. The van der Waals surface area contributed by atoms with Gasteiger partial charge in [0.1, 0.15) is 24.2 Å². The molecular weight excluding hydrogens is 509 g/mol. The highest BCUT2D eigenvalue weighted by molar-refractivity contribution is 7.92. The lowest BCUT2D eigenvalue weighted by Crippen LogP contribution is -2.50. The van der Waals surface area contributed by atoms with E-state index >= 15 is 0 Å². The molecule has 0 aliphatic carbocycles. The molecule has 0 aliphatic heterocycles. The van der Waals surface area contributed by atoms with Gasteiger partial charge in [0, 0.05) is 19.2 Å². The Labute approximate surface area is 223 Å². The van der Waals surface area contributed by atoms with E-state index in [1.54, 1.807) is 42.5 Å². The van der Waals surface area contributed by atoms with Gasteiger partial charge in [0.25, 0.3) is 10.0 Å². The number of sulfonamides is 1. The van der Waals surface area contributed by atoms with Gasteiger partial charge >= 0.3 is 0 Å². The first-order chi connectivity index (χ1) is 18.1. The van der Waals surface area contributed by atoms with Crippen LogP contribution >= 0.6 is 0 Å². The van der Waals surface area contributed by atoms with Crippen LogP contribution in [0.5, 0.6) is 5.75 Å². The molecule has 8 nitrogen and oxygen atoms in total. The van der Waals surface area contributed by atoms with Crippen molar-refractivity contribution >= 4 is 27.5 Å². The molecule has 3 rings (SSSR count). The third kappa shape index (κ3) is 6.69. The molecule has 1 atom stereocenters. The molecule has 3 aromatic rings. The number of halogens is 1. The second-order valence-electron chi connectivity index (χ2n) is 8.65. The van der Waals surface area contributed by atoms with Crippen LogP contribution in [0.3, 0.4) is 0 Å². The molecule has 0 radical (unpaired) electrons. The van der Waals surface area contributed by atoms with Gasteiger partial charge in [0.2, 0.25) is 11.8 Å². The second-order valence-corrected chi connectivity index (χ2v) is 10.5. The minimum absolute atomic E-state index is 0.00443. The standard InChI is InChI=1S/C28H32FN3O5S/c1-5-37-24-14-12-23(13-15-24)32(38(35,36)25-16-10-20(2)11-17-25)19-27(33)31(21(3)28(34)30-4)18-22-8-6-7-9-26(22)29/h6-17,21H,5,18-19H2,1-4H3,(H,30,34)/t21-/m0/s1. The maximum absolute atomic E-state index is 14.5. The lowest BCUT2D eigenvalue weighted by atomic mass is 10.1. The van der Waals surface area contributed by atoms with E-state index in [0.29, 0.717) is 12.4 Å². The van der Waals surface area contributed by atoms with Crippen LogP contribution in [0, 0.1) is 12.7 Å². The van der Waals surface area contributed by atoms with Crippen molar-refractivity contribution in [2.45, 2.75) is 38.3 Å². The number of likely N-dealkylation sites (N-methyl/N-ethyl adjacent to an activating group) is 1. The highest BCUT2D eigenvalue weighted by Gasteiger charge is 2.32. The summed E-state index contributed by atoms with van der Waals surface area (Å²) in [6, 6.07) is 17.5. The smallest absolute Gasteiger partial charge is 0.264 e. The van der Waals surface area contributed by atoms with Crippen molar-refractivity contribution < 1.29 is 27.1 Å². The zero-order valence-corrected chi connectivity index (χ0v) is 22.7. The maximum atomic E-state index is 14.5. The van der Waals surface area contributed by atoms with Crippen LogP contribution in [-0.2, 0) is 26.2 Å². The van der Waals surface area contributed by atoms with Crippen molar-refractivity contribution in [3.63, 3.8) is 0 Å². The number of amides is 2. The molecule has 10 heteroatoms. The molecule has 0 saturated heterocycles. The van der Waals surface area contributed by atoms with Crippen molar-refractivity contribution in [1.29, 1.82) is 0 Å². The summed E-state index contributed by atoms with van der Waals surface area (Å²) in [6.45, 7) is 4.78. The van der Waals surface area contributed by atoms with Gasteiger partial charge in [-0.05, 0) is 63.2 Å². The number of hydrogen-bond donors (Lipinski definition) is 1. The molecule has 38 heavy (non-hydrogen) atoms. The fraction of sp³-hybridized carbons (Fsp3) is 0.286. The molecule has 1 N–H and O–H groups in total. The lowest BCUT2D eigenvalue weighted by molar-refractivity contribution is -0.139. The summed E-state index contributed by atoms with van der Waals surface area (Å²) in [6.07, 6.45) is 0. The summed E-state index contributed by atoms with van der Waals surface area (Å²) in [5.41, 5.74) is 1.31. The number of aryl methyl sites for hydroxylation is 1. The van der Waals surface area contributed by atoms with E-state index in [2.05, 4.69) is 5.32 Å². The summed E-state index contributed by atoms with van der Waals surface area (Å²) >= 11 is 0. The predicted octanol–water partition coefficient (Wildman–Crippen LogP) is 3.89. The SMILES string of the molecule is CCOc1ccc(N(CC(=O)N(Cc2ccccc2F)[C@@H](C)C(=O)NC)S(=O)(=O)c2ccc(C)cc2)cc1. The number of ether oxygens (including phenoxy) is 1. The maximum Gasteiger partial charge on any atom is 0.264 e. The Bertz CT molecular complexity index is 1360. The Kier molecular flexibility index (Phi) is 9.46. The predicted molar refractivity (Wildman–Crippen MR) is 144 cm³/mol. The summed E-state index contributed by atoms with van der Waals surface area (Å²) in [5.74, 6) is -1.13. The number of carbonyl (C=O) groups excluding carboxylic acids is 2. The number of rotatable bonds is 11. The highest BCUT2D eigenvalue weighted by atomic mass is 32.2. The Morgan fingerprint density at radius 3 is 2.21 bits per heavy atom. The first kappa shape index (κ1) is 28.6. The fourth-order valence-corrected chi connectivity index (χ4v) is 5.26. The van der Waals surface area contributed by atoms with Gasteiger partial charge in [-0.3, -0.25) is 13.9 Å². The third-order valence-electron chi connectivity index (χ3n) is 6.04. The summed E-state index contributed by atoms with van der Waals surface area (Å²) in [5, 5.41) is 2.49. The molecule has 3 aromatic carbocycles. The summed E-state index contributed by atoms with van der Waals surface area (Å²) < 4.78 is 48.5. The Balaban J connectivity index is 2.04. The molecule has 0 aliphatic rings. The molecule has 0 spiro atoms. The Morgan fingerprint density at radius 2 is 1.63 bits per heavy atom. The van der Waals surface area contributed by atoms with Crippen molar-refractivity contribution in [2.75, 3.05) is 24.5 Å². The zero-order chi connectivity index (χ0) is 27.9.